The van der Waals surface area contributed by atoms with Crippen LogP contribution in [0.3, 0.4) is 0 Å². The van der Waals surface area contributed by atoms with Gasteiger partial charge in [-0.05, 0) is 55.9 Å². The third-order valence-electron chi connectivity index (χ3n) is 5.23. The fourth-order valence-electron chi connectivity index (χ4n) is 3.59. The van der Waals surface area contributed by atoms with Crippen LogP contribution in [0.5, 0.6) is 5.75 Å². The number of hydrogen-bond acceptors (Lipinski definition) is 4. The molecule has 5 atom stereocenters. The number of carbonyl (C=O) groups is 2. The van der Waals surface area contributed by atoms with Gasteiger partial charge in [0.1, 0.15) is 12.4 Å². The van der Waals surface area contributed by atoms with Gasteiger partial charge in [-0.15, -0.1) is 0 Å². The highest BCUT2D eigenvalue weighted by Crippen LogP contribution is 2.51. The summed E-state index contributed by atoms with van der Waals surface area (Å²) in [6.07, 6.45) is -5.12. The van der Waals surface area contributed by atoms with E-state index in [2.05, 4.69) is 15.4 Å². The van der Waals surface area contributed by atoms with Crippen LogP contribution < -0.4 is 15.4 Å². The van der Waals surface area contributed by atoms with Gasteiger partial charge >= 0.3 is 6.18 Å². The zero-order valence-corrected chi connectivity index (χ0v) is 16.4. The molecule has 2 aliphatic rings. The summed E-state index contributed by atoms with van der Waals surface area (Å²) in [7, 11) is 0. The molecule has 0 bridgehead atoms. The van der Waals surface area contributed by atoms with Crippen molar-refractivity contribution in [3.63, 3.8) is 0 Å². The van der Waals surface area contributed by atoms with E-state index in [1.165, 1.54) is 0 Å². The number of fused-ring (bicyclic) bond motifs is 1. The van der Waals surface area contributed by atoms with Crippen LogP contribution in [0.1, 0.15) is 19.8 Å². The molecule has 29 heavy (non-hydrogen) atoms. The number of halogens is 4. The number of rotatable bonds is 8. The molecule has 6 nitrogen and oxygen atoms in total. The van der Waals surface area contributed by atoms with E-state index in [0.717, 1.165) is 13.3 Å². The van der Waals surface area contributed by atoms with E-state index in [1.807, 2.05) is 0 Å². The first-order valence-electron chi connectivity index (χ1n) is 9.29. The molecule has 0 saturated heterocycles. The fourth-order valence-corrected chi connectivity index (χ4v) is 3.71. The average molecular weight is 435 g/mol. The zero-order chi connectivity index (χ0) is 21.2. The molecule has 1 aromatic carbocycles. The molecule has 0 aromatic heterocycles. The summed E-state index contributed by atoms with van der Waals surface area (Å²) in [6, 6.07) is 6.37. The van der Waals surface area contributed by atoms with Crippen molar-refractivity contribution in [2.24, 2.45) is 11.8 Å². The third kappa shape index (κ3) is 5.99. The normalized spacial score (nSPS) is 26.4. The minimum atomic E-state index is -4.50. The number of carbonyl (C=O) groups excluding carboxylic acids is 2. The lowest BCUT2D eigenvalue weighted by atomic mass is 10.1. The Labute approximate surface area is 171 Å². The van der Waals surface area contributed by atoms with Gasteiger partial charge in [-0.3, -0.25) is 9.59 Å². The van der Waals surface area contributed by atoms with Crippen LogP contribution in [0.15, 0.2) is 24.3 Å². The predicted octanol–water partition coefficient (Wildman–Crippen LogP) is 2.70. The molecule has 10 heteroatoms. The molecule has 0 aliphatic heterocycles. The van der Waals surface area contributed by atoms with Crippen LogP contribution in [0.4, 0.5) is 13.2 Å². The van der Waals surface area contributed by atoms with Crippen molar-refractivity contribution in [1.82, 2.24) is 10.6 Å². The smallest absolute Gasteiger partial charge is 0.414 e. The summed E-state index contributed by atoms with van der Waals surface area (Å²) in [5.41, 5.74) is 0. The second-order valence-electron chi connectivity index (χ2n) is 7.38. The van der Waals surface area contributed by atoms with Crippen LogP contribution >= 0.6 is 11.6 Å². The van der Waals surface area contributed by atoms with Crippen LogP contribution in [-0.4, -0.2) is 49.4 Å². The first-order chi connectivity index (χ1) is 13.6. The second kappa shape index (κ2) is 8.79. The molecule has 2 fully saturated rings. The van der Waals surface area contributed by atoms with Gasteiger partial charge in [0.15, 0.2) is 12.7 Å². The molecule has 0 spiro atoms. The molecule has 2 amide bonds. The molecule has 0 heterocycles. The minimum absolute atomic E-state index is 0.0957. The summed E-state index contributed by atoms with van der Waals surface area (Å²) in [6.45, 7) is 0.0632. The molecule has 0 radical (unpaired) electrons. The Morgan fingerprint density at radius 1 is 1.07 bits per heavy atom. The van der Waals surface area contributed by atoms with Crippen LogP contribution in [0.2, 0.25) is 5.02 Å². The van der Waals surface area contributed by atoms with E-state index in [1.54, 1.807) is 24.3 Å². The lowest BCUT2D eigenvalue weighted by molar-refractivity contribution is -0.213. The first kappa shape index (κ1) is 21.7. The number of amides is 2. The molecule has 2 N–H and O–H groups in total. The van der Waals surface area contributed by atoms with Crippen LogP contribution in [-0.2, 0) is 14.3 Å². The Balaban J connectivity index is 1.39. The van der Waals surface area contributed by atoms with Gasteiger partial charge in [-0.25, -0.2) is 0 Å². The summed E-state index contributed by atoms with van der Waals surface area (Å²) in [4.78, 5) is 24.0. The molecule has 160 valence electrons. The maximum Gasteiger partial charge on any atom is 0.414 e. The van der Waals surface area contributed by atoms with Gasteiger partial charge in [0.05, 0.1) is 0 Å². The summed E-state index contributed by atoms with van der Waals surface area (Å²) in [5.74, 6) is 0.148. The Hall–Kier alpha value is -2.00. The van der Waals surface area contributed by atoms with E-state index in [0.29, 0.717) is 17.2 Å². The summed E-state index contributed by atoms with van der Waals surface area (Å²) in [5, 5.41) is 6.19. The highest BCUT2D eigenvalue weighted by Gasteiger charge is 2.55. The largest absolute Gasteiger partial charge is 0.484 e. The number of hydrogen-bond donors (Lipinski definition) is 2. The maximum absolute atomic E-state index is 12.4. The summed E-state index contributed by atoms with van der Waals surface area (Å²) < 4.78 is 47.2. The van der Waals surface area contributed by atoms with Crippen molar-refractivity contribution in [1.29, 1.82) is 0 Å². The second-order valence-corrected chi connectivity index (χ2v) is 7.82. The quantitative estimate of drug-likeness (QED) is 0.659. The standard InChI is InChI=1S/C19H22ClF3N2O4/c1-10(19(21,22)23)28-8-17(26)24-15-7-16(14-6-13(14)15)25-18(27)9-29-12-4-2-11(20)3-5-12/h2-5,10,13-16H,6-9H2,1H3,(H,24,26)(H,25,27)/t10?,13?,14?,15-,16+/m0/s1. The van der Waals surface area contributed by atoms with E-state index in [9.17, 15) is 22.8 Å². The van der Waals surface area contributed by atoms with Gasteiger partial charge in [0, 0.05) is 17.1 Å². The number of nitrogens with one attached hydrogen (secondary N) is 2. The van der Waals surface area contributed by atoms with Crippen molar-refractivity contribution in [3.8, 4) is 5.75 Å². The molecule has 2 saturated carbocycles. The monoisotopic (exact) mass is 434 g/mol. The van der Waals surface area contributed by atoms with Crippen molar-refractivity contribution < 1.29 is 32.2 Å². The summed E-state index contributed by atoms with van der Waals surface area (Å²) >= 11 is 5.79. The van der Waals surface area contributed by atoms with Crippen molar-refractivity contribution >= 4 is 23.4 Å². The predicted molar refractivity (Wildman–Crippen MR) is 98.5 cm³/mol. The maximum atomic E-state index is 12.4. The average Bonchev–Trinajstić information content (AvgIpc) is 3.38. The Kier molecular flexibility index (Phi) is 6.58. The number of benzene rings is 1. The molecule has 1 aromatic rings. The van der Waals surface area contributed by atoms with Gasteiger partial charge in [-0.2, -0.15) is 13.2 Å². The van der Waals surface area contributed by atoms with Gasteiger partial charge in [0.25, 0.3) is 5.91 Å². The van der Waals surface area contributed by atoms with Crippen LogP contribution in [0.25, 0.3) is 0 Å². The van der Waals surface area contributed by atoms with E-state index in [4.69, 9.17) is 16.3 Å². The van der Waals surface area contributed by atoms with Gasteiger partial charge in [-0.1, -0.05) is 11.6 Å². The van der Waals surface area contributed by atoms with Crippen molar-refractivity contribution in [2.45, 2.75) is 44.1 Å². The first-order valence-corrected chi connectivity index (χ1v) is 9.66. The van der Waals surface area contributed by atoms with Crippen molar-refractivity contribution in [3.05, 3.63) is 29.3 Å². The topological polar surface area (TPSA) is 76.7 Å². The van der Waals surface area contributed by atoms with Crippen LogP contribution in [0, 0.1) is 11.8 Å². The fraction of sp³-hybridized carbons (Fsp3) is 0.579. The number of ether oxygens (including phenoxy) is 2. The van der Waals surface area contributed by atoms with Gasteiger partial charge in [0.2, 0.25) is 5.91 Å². The van der Waals surface area contributed by atoms with E-state index < -0.39 is 24.8 Å². The highest BCUT2D eigenvalue weighted by molar-refractivity contribution is 6.30. The Morgan fingerprint density at radius 2 is 1.62 bits per heavy atom. The lowest BCUT2D eigenvalue weighted by Crippen LogP contribution is -2.43. The highest BCUT2D eigenvalue weighted by atomic mass is 35.5. The Bertz CT molecular complexity index is 744. The third-order valence-corrected chi connectivity index (χ3v) is 5.49. The Morgan fingerprint density at radius 3 is 2.17 bits per heavy atom. The van der Waals surface area contributed by atoms with Gasteiger partial charge < -0.3 is 20.1 Å². The number of alkyl halides is 3. The van der Waals surface area contributed by atoms with E-state index in [-0.39, 0.29) is 36.4 Å². The molecular weight excluding hydrogens is 413 g/mol. The molecule has 3 rings (SSSR count). The lowest BCUT2D eigenvalue weighted by Gasteiger charge is -2.20. The SMILES string of the molecule is CC(OCC(=O)N[C@H]1C[C@@H](NC(=O)COc2ccc(Cl)cc2)C2CC21)C(F)(F)F. The molecule has 3 unspecified atom stereocenters. The minimum Gasteiger partial charge on any atom is -0.484 e. The molecular formula is C19H22ClF3N2O4. The molecule has 2 aliphatic carbocycles. The van der Waals surface area contributed by atoms with Crippen molar-refractivity contribution in [2.75, 3.05) is 13.2 Å². The van der Waals surface area contributed by atoms with E-state index >= 15 is 0 Å². The zero-order valence-electron chi connectivity index (χ0n) is 15.7.